The maximum Gasteiger partial charge on any atom is 0.302 e. The van der Waals surface area contributed by atoms with Crippen LogP contribution < -0.4 is 4.74 Å². The third kappa shape index (κ3) is 7.30. The number of carbonyl (C=O) groups excluding carboxylic acids is 2. The second kappa shape index (κ2) is 12.4. The first-order valence-electron chi connectivity index (χ1n) is 12.1. The van der Waals surface area contributed by atoms with Crippen molar-refractivity contribution in [1.29, 1.82) is 5.26 Å². The van der Waals surface area contributed by atoms with Crippen molar-refractivity contribution < 1.29 is 28.5 Å². The van der Waals surface area contributed by atoms with Crippen LogP contribution in [0.15, 0.2) is 36.4 Å². The van der Waals surface area contributed by atoms with Gasteiger partial charge in [0.05, 0.1) is 30.4 Å². The smallest absolute Gasteiger partial charge is 0.302 e. The third-order valence-electron chi connectivity index (χ3n) is 5.99. The predicted octanol–water partition coefficient (Wildman–Crippen LogP) is 4.83. The van der Waals surface area contributed by atoms with Gasteiger partial charge in [-0.1, -0.05) is 31.2 Å². The first kappa shape index (κ1) is 26.2. The molecule has 2 aromatic carbocycles. The molecule has 2 aromatic rings. The van der Waals surface area contributed by atoms with Crippen molar-refractivity contribution in [2.75, 3.05) is 13.2 Å². The molecule has 0 saturated carbocycles. The first-order chi connectivity index (χ1) is 16.8. The van der Waals surface area contributed by atoms with Gasteiger partial charge in [-0.05, 0) is 48.6 Å². The molecular formula is C28H33NO6. The molecule has 3 rings (SSSR count). The van der Waals surface area contributed by atoms with E-state index >= 15 is 0 Å². The summed E-state index contributed by atoms with van der Waals surface area (Å²) in [5.41, 5.74) is 4.55. The summed E-state index contributed by atoms with van der Waals surface area (Å²) in [6, 6.07) is 14.4. The molecule has 0 aromatic heterocycles. The number of ether oxygens (including phenoxy) is 4. The Bertz CT molecular complexity index is 1070. The fraction of sp³-hybridized carbons (Fsp3) is 0.464. The molecule has 0 unspecified atom stereocenters. The van der Waals surface area contributed by atoms with Gasteiger partial charge in [0.2, 0.25) is 0 Å². The van der Waals surface area contributed by atoms with E-state index in [4.69, 9.17) is 18.9 Å². The molecule has 1 saturated heterocycles. The molecule has 1 aliphatic heterocycles. The van der Waals surface area contributed by atoms with Crippen LogP contribution in [0.25, 0.3) is 0 Å². The van der Waals surface area contributed by atoms with Crippen molar-refractivity contribution in [2.24, 2.45) is 0 Å². The summed E-state index contributed by atoms with van der Waals surface area (Å²) < 4.78 is 22.9. The van der Waals surface area contributed by atoms with E-state index in [2.05, 4.69) is 37.3 Å². The van der Waals surface area contributed by atoms with Crippen LogP contribution in [0.4, 0.5) is 0 Å². The molecule has 7 nitrogen and oxygen atoms in total. The molecule has 0 spiro atoms. The Hall–Kier alpha value is -3.37. The standard InChI is InChI=1S/C28H33NO6/c1-5-20-7-9-21(10-8-20)11-22-12-26(27(32-6-2)13-23(22)16-29)28-15-24(34-19(4)31)14-25(35-28)17-33-18(3)30/h7-10,12-13,24-25,28H,5-6,11,14-15,17H2,1-4H3/t24-,25-,28+/m0/s1. The van der Waals surface area contributed by atoms with E-state index in [0.717, 1.165) is 23.1 Å². The monoisotopic (exact) mass is 479 g/mol. The maximum atomic E-state index is 11.7. The van der Waals surface area contributed by atoms with Crippen molar-refractivity contribution >= 4 is 11.9 Å². The Morgan fingerprint density at radius 1 is 1.06 bits per heavy atom. The number of hydrogen-bond donors (Lipinski definition) is 0. The van der Waals surface area contributed by atoms with Crippen molar-refractivity contribution in [3.63, 3.8) is 0 Å². The average molecular weight is 480 g/mol. The van der Waals surface area contributed by atoms with E-state index in [9.17, 15) is 14.9 Å². The minimum Gasteiger partial charge on any atom is -0.493 e. The fourth-order valence-electron chi connectivity index (χ4n) is 4.36. The second-order valence-corrected chi connectivity index (χ2v) is 8.69. The van der Waals surface area contributed by atoms with Crippen LogP contribution >= 0.6 is 0 Å². The minimum atomic E-state index is -0.454. The summed E-state index contributed by atoms with van der Waals surface area (Å²) in [6.07, 6.45) is 1.15. The lowest BCUT2D eigenvalue weighted by Crippen LogP contribution is -2.37. The van der Waals surface area contributed by atoms with Gasteiger partial charge >= 0.3 is 11.9 Å². The number of benzene rings is 2. The quantitative estimate of drug-likeness (QED) is 0.476. The highest BCUT2D eigenvalue weighted by atomic mass is 16.6. The summed E-state index contributed by atoms with van der Waals surface area (Å²) in [5, 5.41) is 9.83. The molecule has 3 atom stereocenters. The zero-order valence-corrected chi connectivity index (χ0v) is 20.8. The van der Waals surface area contributed by atoms with Gasteiger partial charge in [-0.2, -0.15) is 5.26 Å². The van der Waals surface area contributed by atoms with E-state index < -0.39 is 18.2 Å². The molecule has 0 N–H and O–H groups in total. The summed E-state index contributed by atoms with van der Waals surface area (Å²) in [6.45, 7) is 7.21. The minimum absolute atomic E-state index is 0.0699. The Kier molecular flexibility index (Phi) is 9.27. The van der Waals surface area contributed by atoms with Gasteiger partial charge in [0, 0.05) is 32.3 Å². The van der Waals surface area contributed by atoms with Crippen molar-refractivity contribution in [3.05, 3.63) is 64.2 Å². The van der Waals surface area contributed by atoms with Gasteiger partial charge in [-0.15, -0.1) is 0 Å². The Labute approximate surface area is 206 Å². The molecule has 7 heteroatoms. The van der Waals surface area contributed by atoms with Crippen LogP contribution in [0, 0.1) is 11.3 Å². The SMILES string of the molecule is CCOc1cc(C#N)c(Cc2ccc(CC)cc2)cc1[C@H]1C[C@@H](OC(C)=O)C[C@@H](COC(C)=O)O1. The zero-order valence-electron chi connectivity index (χ0n) is 20.8. The molecule has 0 radical (unpaired) electrons. The zero-order chi connectivity index (χ0) is 25.4. The number of nitrogens with zero attached hydrogens (tertiary/aromatic N) is 1. The van der Waals surface area contributed by atoms with Gasteiger partial charge in [0.25, 0.3) is 0 Å². The normalized spacial score (nSPS) is 19.5. The molecule has 0 aliphatic carbocycles. The summed E-state index contributed by atoms with van der Waals surface area (Å²) in [5.74, 6) is -0.207. The Morgan fingerprint density at radius 3 is 2.37 bits per heavy atom. The molecule has 1 aliphatic rings. The molecule has 186 valence electrons. The van der Waals surface area contributed by atoms with Crippen LogP contribution in [-0.4, -0.2) is 37.4 Å². The molecular weight excluding hydrogens is 446 g/mol. The summed E-state index contributed by atoms with van der Waals surface area (Å²) in [4.78, 5) is 23.0. The number of aryl methyl sites for hydroxylation is 1. The number of nitriles is 1. The molecule has 0 amide bonds. The highest BCUT2D eigenvalue weighted by Gasteiger charge is 2.35. The first-order valence-corrected chi connectivity index (χ1v) is 12.1. The Balaban J connectivity index is 1.96. The van der Waals surface area contributed by atoms with Crippen LogP contribution in [0.2, 0.25) is 0 Å². The van der Waals surface area contributed by atoms with E-state index in [1.54, 1.807) is 6.07 Å². The highest BCUT2D eigenvalue weighted by molar-refractivity contribution is 5.66. The van der Waals surface area contributed by atoms with Gasteiger partial charge < -0.3 is 18.9 Å². The lowest BCUT2D eigenvalue weighted by atomic mass is 9.91. The van der Waals surface area contributed by atoms with Crippen LogP contribution in [0.3, 0.4) is 0 Å². The molecule has 0 bridgehead atoms. The summed E-state index contributed by atoms with van der Waals surface area (Å²) >= 11 is 0. The lowest BCUT2D eigenvalue weighted by molar-refractivity contribution is -0.169. The van der Waals surface area contributed by atoms with Crippen molar-refractivity contribution in [3.8, 4) is 11.8 Å². The molecule has 35 heavy (non-hydrogen) atoms. The topological polar surface area (TPSA) is 94.9 Å². The summed E-state index contributed by atoms with van der Waals surface area (Å²) in [7, 11) is 0. The van der Waals surface area contributed by atoms with E-state index in [1.165, 1.54) is 19.4 Å². The van der Waals surface area contributed by atoms with Gasteiger partial charge in [-0.3, -0.25) is 9.59 Å². The van der Waals surface area contributed by atoms with Crippen molar-refractivity contribution in [2.45, 2.75) is 71.7 Å². The van der Waals surface area contributed by atoms with Crippen LogP contribution in [0.5, 0.6) is 5.75 Å². The largest absolute Gasteiger partial charge is 0.493 e. The highest BCUT2D eigenvalue weighted by Crippen LogP contribution is 2.39. The number of rotatable bonds is 9. The number of carbonyl (C=O) groups is 2. The number of hydrogen-bond acceptors (Lipinski definition) is 7. The Morgan fingerprint density at radius 2 is 1.77 bits per heavy atom. The molecule has 1 fully saturated rings. The number of esters is 2. The predicted molar refractivity (Wildman–Crippen MR) is 130 cm³/mol. The van der Waals surface area contributed by atoms with Crippen molar-refractivity contribution in [1.82, 2.24) is 0 Å². The molecule has 1 heterocycles. The third-order valence-corrected chi connectivity index (χ3v) is 5.99. The lowest BCUT2D eigenvalue weighted by Gasteiger charge is -2.35. The maximum absolute atomic E-state index is 11.7. The van der Waals surface area contributed by atoms with E-state index in [1.807, 2.05) is 13.0 Å². The fourth-order valence-corrected chi connectivity index (χ4v) is 4.36. The van der Waals surface area contributed by atoms with Gasteiger partial charge in [-0.25, -0.2) is 0 Å². The van der Waals surface area contributed by atoms with Gasteiger partial charge in [0.15, 0.2) is 0 Å². The van der Waals surface area contributed by atoms with Crippen LogP contribution in [0.1, 0.15) is 74.5 Å². The average Bonchev–Trinajstić information content (AvgIpc) is 2.83. The second-order valence-electron chi connectivity index (χ2n) is 8.69. The van der Waals surface area contributed by atoms with Gasteiger partial charge in [0.1, 0.15) is 18.5 Å². The van der Waals surface area contributed by atoms with E-state index in [-0.39, 0.29) is 18.7 Å². The van der Waals surface area contributed by atoms with Crippen LogP contribution in [-0.2, 0) is 36.6 Å². The van der Waals surface area contributed by atoms with E-state index in [0.29, 0.717) is 37.2 Å².